The molecule has 0 radical (unpaired) electrons. The van der Waals surface area contributed by atoms with Crippen LogP contribution in [0.2, 0.25) is 0 Å². The Bertz CT molecular complexity index is 575. The Hall–Kier alpha value is -1.14. The van der Waals surface area contributed by atoms with Crippen molar-refractivity contribution in [3.63, 3.8) is 0 Å². The number of epoxide rings is 1. The van der Waals surface area contributed by atoms with E-state index in [1.807, 2.05) is 6.92 Å². The monoisotopic (exact) mass is 308 g/mol. The average Bonchev–Trinajstić information content (AvgIpc) is 3.17. The molecule has 3 heterocycles. The fourth-order valence-corrected chi connectivity index (χ4v) is 5.89. The fourth-order valence-electron chi connectivity index (χ4n) is 5.89. The van der Waals surface area contributed by atoms with Crippen LogP contribution in [0, 0.1) is 23.2 Å². The molecule has 22 heavy (non-hydrogen) atoms. The largest absolute Gasteiger partial charge is 0.459 e. The average molecular weight is 308 g/mol. The number of cyclic esters (lactones) is 1. The number of esters is 2. The molecule has 1 spiro atoms. The van der Waals surface area contributed by atoms with Crippen LogP contribution in [0.3, 0.4) is 0 Å². The van der Waals surface area contributed by atoms with Crippen LogP contribution in [0.4, 0.5) is 0 Å². The summed E-state index contributed by atoms with van der Waals surface area (Å²) < 4.78 is 22.6. The van der Waals surface area contributed by atoms with Crippen molar-refractivity contribution in [2.75, 3.05) is 7.11 Å². The Labute approximate surface area is 128 Å². The van der Waals surface area contributed by atoms with E-state index >= 15 is 0 Å². The first-order chi connectivity index (χ1) is 10.5. The first-order valence-electron chi connectivity index (χ1n) is 8.13. The van der Waals surface area contributed by atoms with Crippen LogP contribution in [0.5, 0.6) is 0 Å². The lowest BCUT2D eigenvalue weighted by Gasteiger charge is -2.50. The number of rotatable bonds is 1. The smallest absolute Gasteiger partial charge is 0.312 e. The molecule has 5 rings (SSSR count). The number of fused-ring (bicyclic) bond motifs is 2. The summed E-state index contributed by atoms with van der Waals surface area (Å²) in [5.74, 6) is 0.159. The summed E-state index contributed by atoms with van der Waals surface area (Å²) in [5, 5.41) is 0. The highest BCUT2D eigenvalue weighted by molar-refractivity contribution is 5.80. The predicted octanol–water partition coefficient (Wildman–Crippen LogP) is 1.02. The summed E-state index contributed by atoms with van der Waals surface area (Å²) in [5.41, 5.74) is -1.02. The summed E-state index contributed by atoms with van der Waals surface area (Å²) in [4.78, 5) is 24.4. The zero-order valence-electron chi connectivity index (χ0n) is 12.7. The van der Waals surface area contributed by atoms with Crippen molar-refractivity contribution >= 4 is 11.9 Å². The van der Waals surface area contributed by atoms with E-state index < -0.39 is 17.3 Å². The van der Waals surface area contributed by atoms with Gasteiger partial charge in [-0.15, -0.1) is 0 Å². The molecule has 0 N–H and O–H groups in total. The Morgan fingerprint density at radius 2 is 2.09 bits per heavy atom. The molecule has 0 amide bonds. The normalized spacial score (nSPS) is 58.1. The highest BCUT2D eigenvalue weighted by atomic mass is 16.8. The lowest BCUT2D eigenvalue weighted by atomic mass is 9.52. The van der Waals surface area contributed by atoms with E-state index in [-0.39, 0.29) is 41.9 Å². The topological polar surface area (TPSA) is 74.4 Å². The van der Waals surface area contributed by atoms with Gasteiger partial charge in [-0.25, -0.2) is 0 Å². The SMILES string of the molecule is COC1OC(=O)CC2C3CCCC4(C)C(=O)OC(C34)C3OC123. The zero-order chi connectivity index (χ0) is 15.3. The predicted molar refractivity (Wildman–Crippen MR) is 71.4 cm³/mol. The number of methoxy groups -OCH3 is 1. The fraction of sp³-hybridized carbons (Fsp3) is 0.875. The minimum Gasteiger partial charge on any atom is -0.459 e. The number of ether oxygens (including phenoxy) is 4. The first-order valence-corrected chi connectivity index (χ1v) is 8.13. The molecule has 6 nitrogen and oxygen atoms in total. The minimum atomic E-state index is -0.683. The van der Waals surface area contributed by atoms with Gasteiger partial charge in [0.2, 0.25) is 6.29 Å². The van der Waals surface area contributed by atoms with Gasteiger partial charge in [-0.2, -0.15) is 0 Å². The van der Waals surface area contributed by atoms with Crippen LogP contribution >= 0.6 is 0 Å². The highest BCUT2D eigenvalue weighted by Crippen LogP contribution is 2.69. The third-order valence-electron chi connectivity index (χ3n) is 6.81. The third-order valence-corrected chi connectivity index (χ3v) is 6.81. The van der Waals surface area contributed by atoms with Crippen molar-refractivity contribution in [1.82, 2.24) is 0 Å². The molecule has 2 saturated carbocycles. The molecular formula is C16H20O6. The molecule has 0 bridgehead atoms. The second-order valence-electron chi connectivity index (χ2n) is 7.63. The molecule has 6 heteroatoms. The van der Waals surface area contributed by atoms with Crippen molar-refractivity contribution in [3.8, 4) is 0 Å². The summed E-state index contributed by atoms with van der Waals surface area (Å²) >= 11 is 0. The van der Waals surface area contributed by atoms with Crippen LogP contribution < -0.4 is 0 Å². The lowest BCUT2D eigenvalue weighted by molar-refractivity contribution is -0.220. The van der Waals surface area contributed by atoms with Crippen LogP contribution in [-0.2, 0) is 28.5 Å². The molecule has 120 valence electrons. The van der Waals surface area contributed by atoms with Crippen LogP contribution in [-0.4, -0.2) is 43.1 Å². The number of hydrogen-bond acceptors (Lipinski definition) is 6. The Morgan fingerprint density at radius 1 is 1.27 bits per heavy atom. The highest BCUT2D eigenvalue weighted by Gasteiger charge is 2.82. The Morgan fingerprint density at radius 3 is 2.86 bits per heavy atom. The van der Waals surface area contributed by atoms with Crippen molar-refractivity contribution in [2.45, 2.75) is 56.7 Å². The molecule has 8 unspecified atom stereocenters. The van der Waals surface area contributed by atoms with Gasteiger partial charge in [-0.3, -0.25) is 9.59 Å². The van der Waals surface area contributed by atoms with E-state index in [0.29, 0.717) is 6.42 Å². The molecule has 3 saturated heterocycles. The summed E-state index contributed by atoms with van der Waals surface area (Å²) in [7, 11) is 1.53. The summed E-state index contributed by atoms with van der Waals surface area (Å²) in [6, 6.07) is 0. The van der Waals surface area contributed by atoms with E-state index in [4.69, 9.17) is 18.9 Å². The van der Waals surface area contributed by atoms with E-state index in [0.717, 1.165) is 19.3 Å². The van der Waals surface area contributed by atoms with Gasteiger partial charge in [0.25, 0.3) is 0 Å². The Kier molecular flexibility index (Phi) is 2.33. The van der Waals surface area contributed by atoms with Gasteiger partial charge in [0, 0.05) is 18.9 Å². The van der Waals surface area contributed by atoms with Gasteiger partial charge in [-0.1, -0.05) is 6.42 Å². The molecule has 0 aromatic carbocycles. The van der Waals surface area contributed by atoms with Gasteiger partial charge in [-0.05, 0) is 25.7 Å². The minimum absolute atomic E-state index is 0.0686. The van der Waals surface area contributed by atoms with Crippen molar-refractivity contribution in [3.05, 3.63) is 0 Å². The van der Waals surface area contributed by atoms with Gasteiger partial charge in [0.15, 0.2) is 5.60 Å². The second kappa shape index (κ2) is 3.85. The van der Waals surface area contributed by atoms with Crippen LogP contribution in [0.15, 0.2) is 0 Å². The van der Waals surface area contributed by atoms with Crippen LogP contribution in [0.1, 0.15) is 32.6 Å². The first kappa shape index (κ1) is 13.3. The van der Waals surface area contributed by atoms with Gasteiger partial charge >= 0.3 is 11.9 Å². The third kappa shape index (κ3) is 1.27. The summed E-state index contributed by atoms with van der Waals surface area (Å²) in [6.07, 6.45) is 2.14. The molecule has 5 aliphatic rings. The van der Waals surface area contributed by atoms with Crippen molar-refractivity contribution in [1.29, 1.82) is 0 Å². The quantitative estimate of drug-likeness (QED) is 0.532. The maximum absolute atomic E-state index is 12.4. The van der Waals surface area contributed by atoms with Gasteiger partial charge < -0.3 is 18.9 Å². The van der Waals surface area contributed by atoms with E-state index in [1.54, 1.807) is 0 Å². The van der Waals surface area contributed by atoms with Crippen molar-refractivity contribution < 1.29 is 28.5 Å². The standard InChI is InChI=1S/C16H20O6/c1-15-5-3-4-7-8-6-9(17)20-14(19-2)16(8)12(22-16)11(10(7)15)21-13(15)18/h7-8,10-12,14H,3-6H2,1-2H3. The lowest BCUT2D eigenvalue weighted by Crippen LogP contribution is -2.60. The molecule has 0 aromatic heterocycles. The van der Waals surface area contributed by atoms with Crippen molar-refractivity contribution in [2.24, 2.45) is 23.2 Å². The molecule has 0 aromatic rings. The maximum atomic E-state index is 12.4. The van der Waals surface area contributed by atoms with E-state index in [1.165, 1.54) is 7.11 Å². The second-order valence-corrected chi connectivity index (χ2v) is 7.63. The van der Waals surface area contributed by atoms with Crippen LogP contribution in [0.25, 0.3) is 0 Å². The summed E-state index contributed by atoms with van der Waals surface area (Å²) in [6.45, 7) is 2.02. The molecule has 3 aliphatic heterocycles. The number of carbonyl (C=O) groups is 2. The molecule has 8 atom stereocenters. The van der Waals surface area contributed by atoms with Gasteiger partial charge in [0.05, 0.1) is 11.8 Å². The molecular weight excluding hydrogens is 288 g/mol. The zero-order valence-corrected chi connectivity index (χ0v) is 12.7. The Balaban J connectivity index is 1.61. The maximum Gasteiger partial charge on any atom is 0.312 e. The van der Waals surface area contributed by atoms with E-state index in [9.17, 15) is 9.59 Å². The number of hydrogen-bond donors (Lipinski definition) is 0. The van der Waals surface area contributed by atoms with Gasteiger partial charge in [0.1, 0.15) is 12.2 Å². The molecule has 2 aliphatic carbocycles. The number of carbonyl (C=O) groups excluding carboxylic acids is 2. The van der Waals surface area contributed by atoms with E-state index in [2.05, 4.69) is 0 Å². The molecule has 5 fully saturated rings.